The number of rotatable bonds is 14. The van der Waals surface area contributed by atoms with E-state index in [4.69, 9.17) is 20.9 Å². The molecule has 2 fully saturated rings. The Kier molecular flexibility index (Phi) is 10.9. The van der Waals surface area contributed by atoms with Gasteiger partial charge >= 0.3 is 15.6 Å². The van der Waals surface area contributed by atoms with Gasteiger partial charge in [0.2, 0.25) is 6.41 Å². The van der Waals surface area contributed by atoms with E-state index in [1.54, 1.807) is 0 Å². The molecule has 10 atom stereocenters. The van der Waals surface area contributed by atoms with Crippen molar-refractivity contribution in [3.05, 3.63) is 36.8 Å². The van der Waals surface area contributed by atoms with E-state index in [1.807, 2.05) is 0 Å². The molecule has 25 heteroatoms. The van der Waals surface area contributed by atoms with E-state index in [9.17, 15) is 54.0 Å². The molecule has 23 nitrogen and oxygen atoms in total. The number of fused-ring (bicyclic) bond motifs is 1. The first-order chi connectivity index (χ1) is 21.5. The van der Waals surface area contributed by atoms with E-state index in [0.717, 1.165) is 24.7 Å². The lowest BCUT2D eigenvalue weighted by Crippen LogP contribution is -2.40. The molecule has 0 aromatic carbocycles. The molecule has 2 saturated heterocycles. The van der Waals surface area contributed by atoms with Gasteiger partial charge < -0.3 is 56.3 Å². The summed E-state index contributed by atoms with van der Waals surface area (Å²) in [5.41, 5.74) is 10.9. The summed E-state index contributed by atoms with van der Waals surface area (Å²) in [4.78, 5) is 54.7. The van der Waals surface area contributed by atoms with Crippen molar-refractivity contribution < 1.29 is 76.9 Å². The fourth-order valence-electron chi connectivity index (χ4n) is 4.27. The highest BCUT2D eigenvalue weighted by Crippen LogP contribution is 2.60. The minimum Gasteiger partial charge on any atom is -0.503 e. The van der Waals surface area contributed by atoms with Crippen LogP contribution >= 0.6 is 15.6 Å². The molecule has 2 aliphatic rings. The van der Waals surface area contributed by atoms with Gasteiger partial charge in [0.05, 0.1) is 19.5 Å². The number of carbonyl (C=O) groups excluding carboxylic acids is 2. The Labute approximate surface area is 257 Å². The highest BCUT2D eigenvalue weighted by atomic mass is 31.3. The maximum Gasteiger partial charge on any atom is 0.481 e. The molecule has 11 N–H and O–H groups in total. The van der Waals surface area contributed by atoms with E-state index in [1.165, 1.54) is 10.9 Å². The van der Waals surface area contributed by atoms with E-state index in [0.29, 0.717) is 4.90 Å². The van der Waals surface area contributed by atoms with Gasteiger partial charge in [0.1, 0.15) is 48.5 Å². The van der Waals surface area contributed by atoms with Gasteiger partial charge in [0, 0.05) is 6.20 Å². The molecule has 2 aliphatic heterocycles. The predicted molar refractivity (Wildman–Crippen MR) is 146 cm³/mol. The molecular formula is C21H29N7O16P2. The van der Waals surface area contributed by atoms with Crippen LogP contribution in [-0.4, -0.2) is 128 Å². The normalized spacial score (nSPS) is 31.2. The molecule has 0 saturated carbocycles. The number of nitrogens with two attached hydrogens (primary N) is 2. The fraction of sp³-hybridized carbons (Fsp3) is 0.476. The van der Waals surface area contributed by atoms with Gasteiger partial charge in [0.25, 0.3) is 5.91 Å². The van der Waals surface area contributed by atoms with Crippen molar-refractivity contribution in [1.82, 2.24) is 24.4 Å². The maximum absolute atomic E-state index is 12.4. The number of amides is 2. The highest BCUT2D eigenvalue weighted by molar-refractivity contribution is 7.61. The van der Waals surface area contributed by atoms with Crippen LogP contribution in [0.15, 0.2) is 36.8 Å². The van der Waals surface area contributed by atoms with Crippen LogP contribution in [0.5, 0.6) is 0 Å². The van der Waals surface area contributed by atoms with Gasteiger partial charge in [-0.3, -0.25) is 28.1 Å². The van der Waals surface area contributed by atoms with Crippen molar-refractivity contribution in [2.45, 2.75) is 49.1 Å². The summed E-state index contributed by atoms with van der Waals surface area (Å²) < 4.78 is 50.3. The molecule has 46 heavy (non-hydrogen) atoms. The third-order valence-corrected chi connectivity index (χ3v) is 9.13. The Morgan fingerprint density at radius 1 is 1.00 bits per heavy atom. The predicted octanol–water partition coefficient (Wildman–Crippen LogP) is -3.38. The zero-order valence-electron chi connectivity index (χ0n) is 23.1. The number of imidazole rings is 1. The first-order valence-corrected chi connectivity index (χ1v) is 15.8. The minimum atomic E-state index is -5.45. The molecule has 2 amide bonds. The summed E-state index contributed by atoms with van der Waals surface area (Å²) in [5, 5.41) is 50.7. The number of nitrogen functional groups attached to an aromatic ring is 1. The molecule has 4 rings (SSSR count). The van der Waals surface area contributed by atoms with Gasteiger partial charge in [-0.15, -0.1) is 0 Å². The first kappa shape index (κ1) is 35.4. The Bertz CT molecular complexity index is 1590. The van der Waals surface area contributed by atoms with Crippen LogP contribution in [0.4, 0.5) is 5.82 Å². The number of ether oxygens (including phenoxy) is 2. The number of phosphoric ester groups is 2. The van der Waals surface area contributed by atoms with Crippen LogP contribution in [-0.2, 0) is 41.6 Å². The molecule has 0 bridgehead atoms. The van der Waals surface area contributed by atoms with E-state index < -0.39 is 89.6 Å². The van der Waals surface area contributed by atoms with Crippen molar-refractivity contribution in [3.8, 4) is 0 Å². The highest BCUT2D eigenvalue weighted by Gasteiger charge is 2.48. The SMILES string of the molecule is NC(=O)/C(O)=C/C=C/N(C=O)[C@@H]1O[C@H](COP(=O)(O)OP(=O)(O)OC[C@H]2O[C@@H](n3cnc4c(N)ncnc43)[C@H](O)[C@@H]2O)[C@@H](O)[C@H]1O. The van der Waals surface area contributed by atoms with Crippen molar-refractivity contribution in [1.29, 1.82) is 0 Å². The number of aliphatic hydroxyl groups excluding tert-OH is 5. The number of primary amides is 1. The van der Waals surface area contributed by atoms with Crippen molar-refractivity contribution in [2.75, 3.05) is 18.9 Å². The molecule has 0 radical (unpaired) electrons. The summed E-state index contributed by atoms with van der Waals surface area (Å²) in [5.74, 6) is -1.99. The Morgan fingerprint density at radius 2 is 1.61 bits per heavy atom. The summed E-state index contributed by atoms with van der Waals surface area (Å²) in [6.07, 6.45) is -7.67. The van der Waals surface area contributed by atoms with E-state index in [-0.39, 0.29) is 23.4 Å². The molecule has 0 aliphatic carbocycles. The topological polar surface area (TPSA) is 355 Å². The summed E-state index contributed by atoms with van der Waals surface area (Å²) in [7, 11) is -10.9. The molecule has 2 unspecified atom stereocenters. The summed E-state index contributed by atoms with van der Waals surface area (Å²) >= 11 is 0. The molecule has 2 aromatic heterocycles. The van der Waals surface area contributed by atoms with E-state index >= 15 is 0 Å². The molecule has 2 aromatic rings. The molecule has 254 valence electrons. The minimum absolute atomic E-state index is 0.0315. The number of nitrogens with zero attached hydrogens (tertiary/aromatic N) is 5. The quantitative estimate of drug-likeness (QED) is 0.0306. The number of hydrogen-bond acceptors (Lipinski definition) is 18. The fourth-order valence-corrected chi connectivity index (χ4v) is 6.37. The zero-order valence-corrected chi connectivity index (χ0v) is 24.9. The third-order valence-electron chi connectivity index (χ3n) is 6.53. The Morgan fingerprint density at radius 3 is 2.22 bits per heavy atom. The zero-order chi connectivity index (χ0) is 34.0. The maximum atomic E-state index is 12.4. The second-order valence-corrected chi connectivity index (χ2v) is 12.6. The first-order valence-electron chi connectivity index (χ1n) is 12.8. The second-order valence-electron chi connectivity index (χ2n) is 9.60. The van der Waals surface area contributed by atoms with Gasteiger partial charge in [0.15, 0.2) is 29.7 Å². The molecule has 0 spiro atoms. The molecule has 4 heterocycles. The number of allylic oxidation sites excluding steroid dienone is 2. The van der Waals surface area contributed by atoms with Crippen molar-refractivity contribution >= 4 is 44.9 Å². The standard InChI is InChI=1S/C21H29N7O16P2/c22-17-12-19(25-6-24-17)28(7-26-12)21-16(34)14(32)11(43-21)5-41-46(38,39)44-45(36,37)40-4-10-13(31)15(33)20(42-10)27(8-29)3-1-2-9(30)18(23)35/h1-3,6-8,10-11,13-16,20-21,30-34H,4-5H2,(H2,23,35)(H,36,37)(H,38,39)(H2,22,24,25)/b3-1+,9-2-/t10-,11-,13-,14-,15-,16-,20-,21-/m1/s1. The van der Waals surface area contributed by atoms with Crippen LogP contribution in [0.1, 0.15) is 6.23 Å². The monoisotopic (exact) mass is 697 g/mol. The van der Waals surface area contributed by atoms with Gasteiger partial charge in [-0.25, -0.2) is 24.1 Å². The number of aliphatic hydroxyl groups is 5. The number of carbonyl (C=O) groups is 2. The number of phosphoric acid groups is 2. The summed E-state index contributed by atoms with van der Waals surface area (Å²) in [6, 6.07) is 0. The number of anilines is 1. The van der Waals surface area contributed by atoms with E-state index in [2.05, 4.69) is 28.3 Å². The smallest absolute Gasteiger partial charge is 0.481 e. The lowest BCUT2D eigenvalue weighted by molar-refractivity contribution is -0.132. The van der Waals surface area contributed by atoms with Crippen LogP contribution in [0.2, 0.25) is 0 Å². The van der Waals surface area contributed by atoms with Crippen molar-refractivity contribution in [2.24, 2.45) is 5.73 Å². The lowest BCUT2D eigenvalue weighted by atomic mass is 10.1. The van der Waals surface area contributed by atoms with Gasteiger partial charge in [-0.1, -0.05) is 0 Å². The lowest BCUT2D eigenvalue weighted by Gasteiger charge is -2.23. The number of aromatic nitrogens is 4. The van der Waals surface area contributed by atoms with Crippen LogP contribution in [0.25, 0.3) is 11.2 Å². The third kappa shape index (κ3) is 7.93. The van der Waals surface area contributed by atoms with Gasteiger partial charge in [-0.2, -0.15) is 4.31 Å². The van der Waals surface area contributed by atoms with Crippen LogP contribution < -0.4 is 11.5 Å². The summed E-state index contributed by atoms with van der Waals surface area (Å²) in [6.45, 7) is -1.96. The average Bonchev–Trinajstić information content (AvgIpc) is 3.63. The van der Waals surface area contributed by atoms with Crippen LogP contribution in [0, 0.1) is 0 Å². The molecular weight excluding hydrogens is 668 g/mol. The number of hydrogen-bond donors (Lipinski definition) is 9. The van der Waals surface area contributed by atoms with Gasteiger partial charge in [-0.05, 0) is 12.2 Å². The second kappa shape index (κ2) is 14.1. The largest absolute Gasteiger partial charge is 0.503 e. The average molecular weight is 697 g/mol. The Hall–Kier alpha value is -3.41. The Balaban J connectivity index is 1.31. The van der Waals surface area contributed by atoms with Crippen LogP contribution in [0.3, 0.4) is 0 Å². The van der Waals surface area contributed by atoms with Crippen molar-refractivity contribution in [3.63, 3.8) is 0 Å².